The monoisotopic (exact) mass is 417 g/mol. The zero-order valence-corrected chi connectivity index (χ0v) is 15.8. The van der Waals surface area contributed by atoms with Crippen LogP contribution in [0, 0.1) is 10.1 Å². The summed E-state index contributed by atoms with van der Waals surface area (Å²) in [6.07, 6.45) is 1.15. The number of carbonyl (C=O) groups excluding carboxylic acids is 1. The van der Waals surface area contributed by atoms with Crippen LogP contribution in [0.2, 0.25) is 10.0 Å². The molecule has 3 aromatic rings. The molecule has 28 heavy (non-hydrogen) atoms. The van der Waals surface area contributed by atoms with Crippen LogP contribution in [-0.2, 0) is 11.2 Å². The predicted molar refractivity (Wildman–Crippen MR) is 107 cm³/mol. The molecule has 7 nitrogen and oxygen atoms in total. The van der Waals surface area contributed by atoms with Gasteiger partial charge in [0.15, 0.2) is 0 Å². The molecule has 0 spiro atoms. The zero-order valence-electron chi connectivity index (χ0n) is 14.3. The lowest BCUT2D eigenvalue weighted by molar-refractivity contribution is -0.385. The minimum Gasteiger partial charge on any atom is -0.455 e. The second-order valence-electron chi connectivity index (χ2n) is 5.66. The first-order valence-electron chi connectivity index (χ1n) is 8.04. The van der Waals surface area contributed by atoms with E-state index in [0.29, 0.717) is 32.7 Å². The van der Waals surface area contributed by atoms with Gasteiger partial charge in [0.25, 0.3) is 5.69 Å². The molecule has 3 rings (SSSR count). The summed E-state index contributed by atoms with van der Waals surface area (Å²) >= 11 is 12.2. The van der Waals surface area contributed by atoms with Crippen LogP contribution >= 0.6 is 23.2 Å². The van der Waals surface area contributed by atoms with Gasteiger partial charge in [-0.25, -0.2) is 5.43 Å². The average Bonchev–Trinajstić information content (AvgIpc) is 3.13. The summed E-state index contributed by atoms with van der Waals surface area (Å²) in [5, 5.41) is 15.6. The number of amides is 1. The number of nitrogens with zero attached hydrogens (tertiary/aromatic N) is 2. The van der Waals surface area contributed by atoms with Gasteiger partial charge in [-0.05, 0) is 24.3 Å². The molecule has 0 radical (unpaired) electrons. The third-order valence-electron chi connectivity index (χ3n) is 3.76. The molecule has 2 aromatic carbocycles. The van der Waals surface area contributed by atoms with Gasteiger partial charge < -0.3 is 4.42 Å². The van der Waals surface area contributed by atoms with Crippen molar-refractivity contribution in [2.45, 2.75) is 6.42 Å². The number of halogens is 2. The Balaban J connectivity index is 1.64. The summed E-state index contributed by atoms with van der Waals surface area (Å²) in [5.41, 5.74) is 3.14. The summed E-state index contributed by atoms with van der Waals surface area (Å²) in [4.78, 5) is 22.4. The lowest BCUT2D eigenvalue weighted by Crippen LogP contribution is -2.20. The fraction of sp³-hybridized carbons (Fsp3) is 0.0526. The van der Waals surface area contributed by atoms with Crippen molar-refractivity contribution in [3.05, 3.63) is 86.1 Å². The van der Waals surface area contributed by atoms with Crippen LogP contribution in [0.4, 0.5) is 5.69 Å². The number of para-hydroxylation sites is 1. The Morgan fingerprint density at radius 2 is 1.93 bits per heavy atom. The Bertz CT molecular complexity index is 1060. The van der Waals surface area contributed by atoms with Crippen LogP contribution in [0.5, 0.6) is 0 Å². The van der Waals surface area contributed by atoms with E-state index in [-0.39, 0.29) is 12.1 Å². The minimum atomic E-state index is -0.531. The van der Waals surface area contributed by atoms with Crippen molar-refractivity contribution in [2.24, 2.45) is 5.10 Å². The van der Waals surface area contributed by atoms with Crippen LogP contribution in [-0.4, -0.2) is 17.0 Å². The van der Waals surface area contributed by atoms with E-state index >= 15 is 0 Å². The number of furan rings is 1. The number of nitro groups is 1. The molecule has 1 N–H and O–H groups in total. The largest absolute Gasteiger partial charge is 0.455 e. The topological polar surface area (TPSA) is 97.7 Å². The Morgan fingerprint density at radius 3 is 2.71 bits per heavy atom. The van der Waals surface area contributed by atoms with Crippen LogP contribution in [0.25, 0.3) is 11.3 Å². The lowest BCUT2D eigenvalue weighted by atomic mass is 10.1. The first kappa shape index (κ1) is 19.6. The van der Waals surface area contributed by atoms with Crippen LogP contribution in [0.1, 0.15) is 11.3 Å². The quantitative estimate of drug-likeness (QED) is 0.351. The summed E-state index contributed by atoms with van der Waals surface area (Å²) in [6.45, 7) is 0. The molecule has 0 bridgehead atoms. The summed E-state index contributed by atoms with van der Waals surface area (Å²) < 4.78 is 5.62. The Hall–Kier alpha value is -3.16. The maximum absolute atomic E-state index is 12.0. The standard InChI is InChI=1S/C19H13Cl2N3O4/c20-15-6-3-5-14(19(15)21)17-9-8-13(28-17)11-22-23-18(25)10-12-4-1-2-7-16(12)24(26)27/h1-9,11H,10H2,(H,23,25)/b22-11-. The van der Waals surface area contributed by atoms with Crippen molar-refractivity contribution < 1.29 is 14.1 Å². The molecule has 9 heteroatoms. The zero-order chi connectivity index (χ0) is 20.1. The van der Waals surface area contributed by atoms with Gasteiger partial charge in [-0.1, -0.05) is 47.5 Å². The minimum absolute atomic E-state index is 0.115. The van der Waals surface area contributed by atoms with E-state index in [0.717, 1.165) is 0 Å². The van der Waals surface area contributed by atoms with Crippen molar-refractivity contribution in [3.8, 4) is 11.3 Å². The number of carbonyl (C=O) groups is 1. The van der Waals surface area contributed by atoms with E-state index in [1.165, 1.54) is 18.3 Å². The normalized spacial score (nSPS) is 10.9. The highest BCUT2D eigenvalue weighted by Gasteiger charge is 2.15. The molecule has 0 saturated carbocycles. The molecule has 1 heterocycles. The van der Waals surface area contributed by atoms with E-state index in [2.05, 4.69) is 10.5 Å². The Morgan fingerprint density at radius 1 is 1.14 bits per heavy atom. The first-order valence-corrected chi connectivity index (χ1v) is 8.79. The van der Waals surface area contributed by atoms with Gasteiger partial charge in [-0.3, -0.25) is 14.9 Å². The van der Waals surface area contributed by atoms with Gasteiger partial charge >= 0.3 is 0 Å². The predicted octanol–water partition coefficient (Wildman–Crippen LogP) is 4.85. The number of nitro benzene ring substituents is 1. The van der Waals surface area contributed by atoms with Gasteiger partial charge in [0, 0.05) is 17.2 Å². The third-order valence-corrected chi connectivity index (χ3v) is 4.58. The molecule has 142 valence electrons. The van der Waals surface area contributed by atoms with Gasteiger partial charge in [0.05, 0.1) is 27.6 Å². The SMILES string of the molecule is O=C(Cc1ccccc1[N+](=O)[O-])N/N=C\c1ccc(-c2cccc(Cl)c2Cl)o1. The van der Waals surface area contributed by atoms with Crippen LogP contribution < -0.4 is 5.43 Å². The molecule has 0 atom stereocenters. The van der Waals surface area contributed by atoms with Gasteiger partial charge in [-0.2, -0.15) is 5.10 Å². The maximum Gasteiger partial charge on any atom is 0.273 e. The smallest absolute Gasteiger partial charge is 0.273 e. The number of nitrogens with one attached hydrogen (secondary N) is 1. The molecular weight excluding hydrogens is 405 g/mol. The lowest BCUT2D eigenvalue weighted by Gasteiger charge is -2.02. The molecule has 1 amide bonds. The number of hydrazone groups is 1. The van der Waals surface area contributed by atoms with Crippen molar-refractivity contribution in [1.82, 2.24) is 5.43 Å². The highest BCUT2D eigenvalue weighted by atomic mass is 35.5. The summed E-state index contributed by atoms with van der Waals surface area (Å²) in [6, 6.07) is 14.6. The number of benzene rings is 2. The van der Waals surface area contributed by atoms with Crippen molar-refractivity contribution >= 4 is 41.0 Å². The van der Waals surface area contributed by atoms with E-state index in [1.807, 2.05) is 0 Å². The highest BCUT2D eigenvalue weighted by Crippen LogP contribution is 2.34. The van der Waals surface area contributed by atoms with Crippen LogP contribution in [0.15, 0.2) is 64.1 Å². The second kappa shape index (κ2) is 8.69. The third kappa shape index (κ3) is 4.57. The molecule has 0 fully saturated rings. The van der Waals surface area contributed by atoms with Crippen molar-refractivity contribution in [1.29, 1.82) is 0 Å². The fourth-order valence-corrected chi connectivity index (χ4v) is 2.87. The number of hydrogen-bond donors (Lipinski definition) is 1. The van der Waals surface area contributed by atoms with Gasteiger partial charge in [0.2, 0.25) is 5.91 Å². The Kier molecular flexibility index (Phi) is 6.08. The van der Waals surface area contributed by atoms with Gasteiger partial charge in [-0.15, -0.1) is 0 Å². The number of hydrogen-bond acceptors (Lipinski definition) is 5. The van der Waals surface area contributed by atoms with E-state index < -0.39 is 10.8 Å². The average molecular weight is 418 g/mol. The number of rotatable bonds is 6. The van der Waals surface area contributed by atoms with Gasteiger partial charge in [0.1, 0.15) is 11.5 Å². The van der Waals surface area contributed by atoms with E-state index in [1.54, 1.807) is 42.5 Å². The van der Waals surface area contributed by atoms with E-state index in [4.69, 9.17) is 27.6 Å². The fourth-order valence-electron chi connectivity index (χ4n) is 2.48. The summed E-state index contributed by atoms with van der Waals surface area (Å²) in [5.74, 6) is 0.396. The summed E-state index contributed by atoms with van der Waals surface area (Å²) in [7, 11) is 0. The highest BCUT2D eigenvalue weighted by molar-refractivity contribution is 6.43. The van der Waals surface area contributed by atoms with Crippen molar-refractivity contribution in [3.63, 3.8) is 0 Å². The molecule has 0 aliphatic rings. The first-order chi connectivity index (χ1) is 13.5. The molecule has 0 aliphatic heterocycles. The molecule has 0 saturated heterocycles. The van der Waals surface area contributed by atoms with Crippen LogP contribution in [0.3, 0.4) is 0 Å². The Labute approximate surface area is 169 Å². The van der Waals surface area contributed by atoms with E-state index in [9.17, 15) is 14.9 Å². The molecule has 0 aliphatic carbocycles. The maximum atomic E-state index is 12.0. The van der Waals surface area contributed by atoms with Crippen molar-refractivity contribution in [2.75, 3.05) is 0 Å². The molecule has 1 aromatic heterocycles. The molecular formula is C19H13Cl2N3O4. The second-order valence-corrected chi connectivity index (χ2v) is 6.44. The molecule has 0 unspecified atom stereocenters.